The van der Waals surface area contributed by atoms with Gasteiger partial charge in [0.05, 0.1) is 5.60 Å². The van der Waals surface area contributed by atoms with Gasteiger partial charge in [0.2, 0.25) is 0 Å². The number of hydrogen-bond acceptors (Lipinski definition) is 2. The smallest absolute Gasteiger partial charge is 0.0697 e. The molecule has 19 heavy (non-hydrogen) atoms. The normalized spacial score (nSPS) is 38.7. The summed E-state index contributed by atoms with van der Waals surface area (Å²) < 4.78 is 6.13. The van der Waals surface area contributed by atoms with Crippen LogP contribution < -0.4 is 5.32 Å². The van der Waals surface area contributed by atoms with Gasteiger partial charge in [0.25, 0.3) is 0 Å². The molecule has 3 aliphatic rings. The molecule has 3 rings (SSSR count). The maximum atomic E-state index is 6.13. The molecule has 0 aromatic carbocycles. The molecule has 3 fully saturated rings. The first-order valence-electron chi connectivity index (χ1n) is 8.65. The number of rotatable bonds is 3. The number of nitrogens with one attached hydrogen (secondary N) is 1. The van der Waals surface area contributed by atoms with E-state index in [0.29, 0.717) is 0 Å². The Labute approximate surface area is 118 Å². The predicted octanol–water partition coefficient (Wildman–Crippen LogP) is 3.89. The summed E-state index contributed by atoms with van der Waals surface area (Å²) in [6, 6.07) is 0.723. The first-order chi connectivity index (χ1) is 9.27. The Bertz CT molecular complexity index is 285. The van der Waals surface area contributed by atoms with E-state index in [0.717, 1.165) is 24.5 Å². The summed E-state index contributed by atoms with van der Waals surface area (Å²) in [7, 11) is 0. The Kier molecular flexibility index (Phi) is 4.48. The van der Waals surface area contributed by atoms with E-state index >= 15 is 0 Å². The number of ether oxygens (including phenoxy) is 1. The highest BCUT2D eigenvalue weighted by atomic mass is 16.5. The zero-order valence-electron chi connectivity index (χ0n) is 12.6. The lowest BCUT2D eigenvalue weighted by Crippen LogP contribution is -2.47. The molecule has 2 nitrogen and oxygen atoms in total. The molecule has 3 atom stereocenters. The molecular formula is C17H31NO. The lowest BCUT2D eigenvalue weighted by molar-refractivity contribution is -0.0841. The molecule has 1 heterocycles. The zero-order valence-corrected chi connectivity index (χ0v) is 12.6. The van der Waals surface area contributed by atoms with Gasteiger partial charge < -0.3 is 10.1 Å². The summed E-state index contributed by atoms with van der Waals surface area (Å²) in [6.07, 6.45) is 13.7. The van der Waals surface area contributed by atoms with Gasteiger partial charge in [-0.3, -0.25) is 0 Å². The summed E-state index contributed by atoms with van der Waals surface area (Å²) in [6.45, 7) is 4.69. The minimum atomic E-state index is 0.272. The van der Waals surface area contributed by atoms with Crippen LogP contribution in [0, 0.1) is 11.8 Å². The van der Waals surface area contributed by atoms with Crippen molar-refractivity contribution in [3.8, 4) is 0 Å². The van der Waals surface area contributed by atoms with E-state index in [1.54, 1.807) is 0 Å². The van der Waals surface area contributed by atoms with Crippen LogP contribution in [0.2, 0.25) is 0 Å². The van der Waals surface area contributed by atoms with Crippen molar-refractivity contribution in [1.29, 1.82) is 0 Å². The van der Waals surface area contributed by atoms with Crippen LogP contribution in [0.3, 0.4) is 0 Å². The minimum Gasteiger partial charge on any atom is -0.375 e. The molecule has 0 aromatic rings. The molecule has 3 unspecified atom stereocenters. The zero-order chi connectivity index (χ0) is 13.1. The third kappa shape index (κ3) is 3.33. The standard InChI is InChI=1S/C17H31NO/c1-14-6-2-3-7-15(14)13-18-16-8-11-19-17(12-16)9-4-5-10-17/h14-16,18H,2-13H2,1H3. The first-order valence-corrected chi connectivity index (χ1v) is 8.65. The molecule has 2 heteroatoms. The van der Waals surface area contributed by atoms with Crippen LogP contribution in [0.15, 0.2) is 0 Å². The van der Waals surface area contributed by atoms with Crippen LogP contribution in [-0.2, 0) is 4.74 Å². The molecular weight excluding hydrogens is 234 g/mol. The summed E-state index contributed by atoms with van der Waals surface area (Å²) in [5, 5.41) is 3.89. The van der Waals surface area contributed by atoms with Crippen LogP contribution in [0.5, 0.6) is 0 Å². The molecule has 1 aliphatic heterocycles. The van der Waals surface area contributed by atoms with Gasteiger partial charge in [-0.05, 0) is 50.5 Å². The Morgan fingerprint density at radius 3 is 2.63 bits per heavy atom. The predicted molar refractivity (Wildman–Crippen MR) is 79.3 cm³/mol. The van der Waals surface area contributed by atoms with E-state index in [9.17, 15) is 0 Å². The Morgan fingerprint density at radius 1 is 1.05 bits per heavy atom. The fraction of sp³-hybridized carbons (Fsp3) is 1.00. The molecule has 0 amide bonds. The second kappa shape index (κ2) is 6.13. The molecule has 2 aliphatic carbocycles. The molecule has 1 saturated heterocycles. The van der Waals surface area contributed by atoms with Gasteiger partial charge in [0.1, 0.15) is 0 Å². The first kappa shape index (κ1) is 13.9. The van der Waals surface area contributed by atoms with Gasteiger partial charge >= 0.3 is 0 Å². The lowest BCUT2D eigenvalue weighted by atomic mass is 9.80. The fourth-order valence-corrected chi connectivity index (χ4v) is 4.58. The van der Waals surface area contributed by atoms with Crippen LogP contribution >= 0.6 is 0 Å². The maximum Gasteiger partial charge on any atom is 0.0697 e. The van der Waals surface area contributed by atoms with Crippen molar-refractivity contribution in [2.24, 2.45) is 11.8 Å². The topological polar surface area (TPSA) is 21.3 Å². The highest BCUT2D eigenvalue weighted by Gasteiger charge is 2.39. The largest absolute Gasteiger partial charge is 0.375 e. The quantitative estimate of drug-likeness (QED) is 0.836. The third-order valence-corrected chi connectivity index (χ3v) is 5.97. The second-order valence-corrected chi connectivity index (χ2v) is 7.36. The fourth-order valence-electron chi connectivity index (χ4n) is 4.58. The molecule has 1 spiro atoms. The van der Waals surface area contributed by atoms with Crippen molar-refractivity contribution in [3.05, 3.63) is 0 Å². The van der Waals surface area contributed by atoms with Crippen LogP contribution in [0.4, 0.5) is 0 Å². The SMILES string of the molecule is CC1CCCCC1CNC1CCOC2(CCCC2)C1. The van der Waals surface area contributed by atoms with Gasteiger partial charge in [0, 0.05) is 12.6 Å². The van der Waals surface area contributed by atoms with Crippen molar-refractivity contribution >= 4 is 0 Å². The van der Waals surface area contributed by atoms with Crippen molar-refractivity contribution in [2.45, 2.75) is 82.8 Å². The Hall–Kier alpha value is -0.0800. The molecule has 2 saturated carbocycles. The molecule has 0 bridgehead atoms. The molecule has 110 valence electrons. The Balaban J connectivity index is 1.47. The summed E-state index contributed by atoms with van der Waals surface area (Å²) in [4.78, 5) is 0. The van der Waals surface area contributed by atoms with Crippen LogP contribution in [0.1, 0.15) is 71.1 Å². The van der Waals surface area contributed by atoms with Crippen LogP contribution in [-0.4, -0.2) is 24.8 Å². The maximum absolute atomic E-state index is 6.13. The molecule has 0 radical (unpaired) electrons. The average molecular weight is 265 g/mol. The van der Waals surface area contributed by atoms with Gasteiger partial charge in [0.15, 0.2) is 0 Å². The molecule has 0 aromatic heterocycles. The van der Waals surface area contributed by atoms with Crippen LogP contribution in [0.25, 0.3) is 0 Å². The van der Waals surface area contributed by atoms with E-state index in [1.165, 1.54) is 70.8 Å². The highest BCUT2D eigenvalue weighted by Crippen LogP contribution is 2.40. The third-order valence-electron chi connectivity index (χ3n) is 5.97. The van der Waals surface area contributed by atoms with Crippen molar-refractivity contribution < 1.29 is 4.74 Å². The van der Waals surface area contributed by atoms with Gasteiger partial charge in [-0.25, -0.2) is 0 Å². The minimum absolute atomic E-state index is 0.272. The number of hydrogen-bond donors (Lipinski definition) is 1. The van der Waals surface area contributed by atoms with Gasteiger partial charge in [-0.2, -0.15) is 0 Å². The average Bonchev–Trinajstić information content (AvgIpc) is 2.86. The van der Waals surface area contributed by atoms with E-state index in [-0.39, 0.29) is 5.60 Å². The summed E-state index contributed by atoms with van der Waals surface area (Å²) >= 11 is 0. The Morgan fingerprint density at radius 2 is 1.84 bits per heavy atom. The van der Waals surface area contributed by atoms with Crippen molar-refractivity contribution in [2.75, 3.05) is 13.2 Å². The second-order valence-electron chi connectivity index (χ2n) is 7.36. The van der Waals surface area contributed by atoms with E-state index in [1.807, 2.05) is 0 Å². The summed E-state index contributed by atoms with van der Waals surface area (Å²) in [5.74, 6) is 1.86. The molecule has 1 N–H and O–H groups in total. The van der Waals surface area contributed by atoms with Gasteiger partial charge in [-0.1, -0.05) is 39.0 Å². The van der Waals surface area contributed by atoms with E-state index < -0.39 is 0 Å². The van der Waals surface area contributed by atoms with E-state index in [2.05, 4.69) is 12.2 Å². The van der Waals surface area contributed by atoms with Crippen molar-refractivity contribution in [1.82, 2.24) is 5.32 Å². The van der Waals surface area contributed by atoms with Gasteiger partial charge in [-0.15, -0.1) is 0 Å². The highest BCUT2D eigenvalue weighted by molar-refractivity contribution is 4.93. The summed E-state index contributed by atoms with van der Waals surface area (Å²) in [5.41, 5.74) is 0.272. The van der Waals surface area contributed by atoms with E-state index in [4.69, 9.17) is 4.74 Å². The monoisotopic (exact) mass is 265 g/mol. The van der Waals surface area contributed by atoms with Crippen molar-refractivity contribution in [3.63, 3.8) is 0 Å². The lowest BCUT2D eigenvalue weighted by Gasteiger charge is -2.39.